The zero-order chi connectivity index (χ0) is 24.2. The van der Waals surface area contributed by atoms with Gasteiger partial charge in [0.05, 0.1) is 6.26 Å². The molecule has 1 aliphatic carbocycles. The van der Waals surface area contributed by atoms with Crippen LogP contribution >= 0.6 is 0 Å². The van der Waals surface area contributed by atoms with Crippen molar-refractivity contribution in [3.63, 3.8) is 0 Å². The zero-order valence-electron chi connectivity index (χ0n) is 20.4. The lowest BCUT2D eigenvalue weighted by Gasteiger charge is -2.33. The highest BCUT2D eigenvalue weighted by molar-refractivity contribution is 6.09. The van der Waals surface area contributed by atoms with Gasteiger partial charge in [0.25, 0.3) is 5.91 Å². The Labute approximate surface area is 201 Å². The van der Waals surface area contributed by atoms with Crippen LogP contribution < -0.4 is 15.1 Å². The second-order valence-electron chi connectivity index (χ2n) is 9.32. The first-order valence-electron chi connectivity index (χ1n) is 11.9. The first kappa shape index (κ1) is 23.6. The summed E-state index contributed by atoms with van der Waals surface area (Å²) in [5.41, 5.74) is 4.39. The molecule has 1 saturated carbocycles. The van der Waals surface area contributed by atoms with Crippen molar-refractivity contribution in [1.82, 2.24) is 5.32 Å². The molecular formula is C28H33N3O3. The van der Waals surface area contributed by atoms with Crippen molar-refractivity contribution in [2.75, 3.05) is 23.9 Å². The van der Waals surface area contributed by atoms with E-state index >= 15 is 0 Å². The van der Waals surface area contributed by atoms with Gasteiger partial charge in [-0.15, -0.1) is 0 Å². The Morgan fingerprint density at radius 3 is 2.32 bits per heavy atom. The molecule has 178 valence electrons. The molecule has 0 aliphatic heterocycles. The molecule has 1 fully saturated rings. The van der Waals surface area contributed by atoms with Crippen LogP contribution in [0, 0.1) is 13.8 Å². The average Bonchev–Trinajstić information content (AvgIpc) is 3.53. The fourth-order valence-corrected chi connectivity index (χ4v) is 4.59. The Kier molecular flexibility index (Phi) is 7.06. The lowest BCUT2D eigenvalue weighted by atomic mass is 9.99. The fourth-order valence-electron chi connectivity index (χ4n) is 4.59. The minimum atomic E-state index is -0.838. The van der Waals surface area contributed by atoms with E-state index in [0.29, 0.717) is 5.69 Å². The number of aryl methyl sites for hydroxylation is 2. The van der Waals surface area contributed by atoms with E-state index in [1.165, 1.54) is 6.26 Å². The maximum absolute atomic E-state index is 13.9. The van der Waals surface area contributed by atoms with Crippen molar-refractivity contribution < 1.29 is 14.0 Å². The lowest BCUT2D eigenvalue weighted by Crippen LogP contribution is -2.46. The Morgan fingerprint density at radius 1 is 1.00 bits per heavy atom. The van der Waals surface area contributed by atoms with E-state index in [1.807, 2.05) is 75.3 Å². The monoisotopic (exact) mass is 459 g/mol. The number of furan rings is 1. The molecule has 6 heteroatoms. The van der Waals surface area contributed by atoms with Gasteiger partial charge in [-0.1, -0.05) is 37.1 Å². The normalized spacial score (nSPS) is 14.6. The highest BCUT2D eigenvalue weighted by Crippen LogP contribution is 2.34. The topological polar surface area (TPSA) is 65.8 Å². The Bertz CT molecular complexity index is 1130. The van der Waals surface area contributed by atoms with Crippen LogP contribution in [-0.2, 0) is 4.79 Å². The summed E-state index contributed by atoms with van der Waals surface area (Å²) in [6, 6.07) is 16.4. The van der Waals surface area contributed by atoms with Crippen molar-refractivity contribution in [2.24, 2.45) is 0 Å². The maximum Gasteiger partial charge on any atom is 0.294 e. The number of carbonyl (C=O) groups is 2. The van der Waals surface area contributed by atoms with Crippen LogP contribution in [0.25, 0.3) is 0 Å². The molecule has 4 rings (SSSR count). The van der Waals surface area contributed by atoms with Gasteiger partial charge in [-0.25, -0.2) is 0 Å². The SMILES string of the molecule is Cc1ccc(C)c(N(C(=O)c2ccco2)C(C(=O)NC2CCCC2)c2ccc(N(C)C)cc2)c1. The summed E-state index contributed by atoms with van der Waals surface area (Å²) in [5.74, 6) is -0.322. The first-order valence-corrected chi connectivity index (χ1v) is 11.9. The first-order chi connectivity index (χ1) is 16.3. The number of carbonyl (C=O) groups excluding carboxylic acids is 2. The van der Waals surface area contributed by atoms with Crippen LogP contribution in [0.15, 0.2) is 65.3 Å². The van der Waals surface area contributed by atoms with Gasteiger partial charge < -0.3 is 14.6 Å². The van der Waals surface area contributed by atoms with Gasteiger partial charge in [-0.2, -0.15) is 0 Å². The van der Waals surface area contributed by atoms with E-state index in [0.717, 1.165) is 48.1 Å². The van der Waals surface area contributed by atoms with Crippen LogP contribution in [0.1, 0.15) is 59.0 Å². The number of rotatable bonds is 7. The predicted octanol–water partition coefficient (Wildman–Crippen LogP) is 5.41. The smallest absolute Gasteiger partial charge is 0.294 e. The summed E-state index contributed by atoms with van der Waals surface area (Å²) in [5, 5.41) is 3.23. The van der Waals surface area contributed by atoms with E-state index < -0.39 is 6.04 Å². The molecule has 0 saturated heterocycles. The molecule has 1 heterocycles. The average molecular weight is 460 g/mol. The van der Waals surface area contributed by atoms with Crippen LogP contribution in [0.3, 0.4) is 0 Å². The molecule has 0 radical (unpaired) electrons. The summed E-state index contributed by atoms with van der Waals surface area (Å²) in [6.07, 6.45) is 5.63. The van der Waals surface area contributed by atoms with Crippen molar-refractivity contribution in [3.8, 4) is 0 Å². The third-order valence-corrected chi connectivity index (χ3v) is 6.51. The van der Waals surface area contributed by atoms with Gasteiger partial charge in [0.2, 0.25) is 5.91 Å². The number of anilines is 2. The quantitative estimate of drug-likeness (QED) is 0.513. The molecule has 1 atom stereocenters. The van der Waals surface area contributed by atoms with Crippen LogP contribution in [0.2, 0.25) is 0 Å². The number of hydrogen-bond donors (Lipinski definition) is 1. The van der Waals surface area contributed by atoms with Crippen LogP contribution in [0.5, 0.6) is 0 Å². The van der Waals surface area contributed by atoms with Crippen molar-refractivity contribution in [2.45, 2.75) is 51.6 Å². The Morgan fingerprint density at radius 2 is 1.71 bits per heavy atom. The van der Waals surface area contributed by atoms with Gasteiger partial charge in [-0.3, -0.25) is 14.5 Å². The molecule has 0 bridgehead atoms. The van der Waals surface area contributed by atoms with Crippen LogP contribution in [-0.4, -0.2) is 32.0 Å². The van der Waals surface area contributed by atoms with Crippen LogP contribution in [0.4, 0.5) is 11.4 Å². The second-order valence-corrected chi connectivity index (χ2v) is 9.32. The molecule has 6 nitrogen and oxygen atoms in total. The molecule has 1 aliphatic rings. The van der Waals surface area contributed by atoms with Gasteiger partial charge in [0.15, 0.2) is 5.76 Å². The maximum atomic E-state index is 13.9. The molecule has 2 amide bonds. The third kappa shape index (κ3) is 5.01. The molecule has 34 heavy (non-hydrogen) atoms. The predicted molar refractivity (Wildman–Crippen MR) is 135 cm³/mol. The molecule has 2 aromatic carbocycles. The molecule has 1 aromatic heterocycles. The fraction of sp³-hybridized carbons (Fsp3) is 0.357. The van der Waals surface area contributed by atoms with Crippen molar-refractivity contribution >= 4 is 23.2 Å². The van der Waals surface area contributed by atoms with E-state index in [-0.39, 0.29) is 23.6 Å². The van der Waals surface area contributed by atoms with E-state index in [2.05, 4.69) is 5.32 Å². The molecule has 1 N–H and O–H groups in total. The Hall–Kier alpha value is -3.54. The van der Waals surface area contributed by atoms with Gasteiger partial charge in [0.1, 0.15) is 6.04 Å². The number of nitrogens with one attached hydrogen (secondary N) is 1. The summed E-state index contributed by atoms with van der Waals surface area (Å²) < 4.78 is 5.49. The second kappa shape index (κ2) is 10.2. The van der Waals surface area contributed by atoms with E-state index in [9.17, 15) is 9.59 Å². The van der Waals surface area contributed by atoms with Crippen molar-refractivity contribution in [3.05, 3.63) is 83.3 Å². The standard InChI is InChI=1S/C28H33N3O3/c1-19-11-12-20(2)24(18-19)31(28(33)25-10-7-17-34-25)26(27(32)29-22-8-5-6-9-22)21-13-15-23(16-14-21)30(3)4/h7,10-18,22,26H,5-6,8-9H2,1-4H3,(H,29,32). The number of benzene rings is 2. The van der Waals surface area contributed by atoms with E-state index in [4.69, 9.17) is 4.42 Å². The molecule has 3 aromatic rings. The highest BCUT2D eigenvalue weighted by atomic mass is 16.3. The third-order valence-electron chi connectivity index (χ3n) is 6.51. The molecular weight excluding hydrogens is 426 g/mol. The van der Waals surface area contributed by atoms with Crippen molar-refractivity contribution in [1.29, 1.82) is 0 Å². The number of nitrogens with zero attached hydrogens (tertiary/aromatic N) is 2. The summed E-state index contributed by atoms with van der Waals surface area (Å²) in [4.78, 5) is 31.3. The summed E-state index contributed by atoms with van der Waals surface area (Å²) in [7, 11) is 3.95. The zero-order valence-corrected chi connectivity index (χ0v) is 20.4. The minimum absolute atomic E-state index is 0.134. The van der Waals surface area contributed by atoms with Gasteiger partial charge in [0, 0.05) is 31.5 Å². The van der Waals surface area contributed by atoms with Gasteiger partial charge >= 0.3 is 0 Å². The van der Waals surface area contributed by atoms with Gasteiger partial charge in [-0.05, 0) is 73.7 Å². The highest BCUT2D eigenvalue weighted by Gasteiger charge is 2.36. The van der Waals surface area contributed by atoms with E-state index in [1.54, 1.807) is 17.0 Å². The number of amides is 2. The molecule has 1 unspecified atom stereocenters. The minimum Gasteiger partial charge on any atom is -0.459 e. The lowest BCUT2D eigenvalue weighted by molar-refractivity contribution is -0.123. The largest absolute Gasteiger partial charge is 0.459 e. The summed E-state index contributed by atoms with van der Waals surface area (Å²) in [6.45, 7) is 3.94. The summed E-state index contributed by atoms with van der Waals surface area (Å²) >= 11 is 0. The molecule has 0 spiro atoms. The number of hydrogen-bond acceptors (Lipinski definition) is 4. The Balaban J connectivity index is 1.84.